The first kappa shape index (κ1) is 26.4. The third-order valence-electron chi connectivity index (χ3n) is 6.66. The molecule has 4 aromatic heterocycles. The monoisotopic (exact) mass is 765 g/mol. The lowest BCUT2D eigenvalue weighted by atomic mass is 9.72. The first-order valence-electron chi connectivity index (χ1n) is 12.2. The summed E-state index contributed by atoms with van der Waals surface area (Å²) in [5.41, 5.74) is 6.27. The average Bonchev–Trinajstić information content (AvgIpc) is 3.71. The number of fused-ring (bicyclic) bond motifs is 2. The number of halogens is 3. The second-order valence-corrected chi connectivity index (χ2v) is 15.7. The Morgan fingerprint density at radius 1 is 0.564 bits per heavy atom. The molecule has 39 heavy (non-hydrogen) atoms. The molecule has 0 aliphatic carbocycles. The van der Waals surface area contributed by atoms with Gasteiger partial charge in [0.05, 0.1) is 14.0 Å². The van der Waals surface area contributed by atoms with E-state index >= 15 is 0 Å². The van der Waals surface area contributed by atoms with Gasteiger partial charge in [-0.2, -0.15) is 0 Å². The molecule has 4 heterocycles. The largest absolute Gasteiger partial charge is 0.152 e. The summed E-state index contributed by atoms with van der Waals surface area (Å²) < 4.78 is 8.68. The fourth-order valence-corrected chi connectivity index (χ4v) is 12.4. The van der Waals surface area contributed by atoms with Crippen molar-refractivity contribution < 1.29 is 0 Å². The van der Waals surface area contributed by atoms with Gasteiger partial charge in [-0.25, -0.2) is 0 Å². The van der Waals surface area contributed by atoms with Crippen LogP contribution in [0.3, 0.4) is 0 Å². The van der Waals surface area contributed by atoms with Gasteiger partial charge in [-0.1, -0.05) is 105 Å². The van der Waals surface area contributed by atoms with Crippen LogP contribution in [0.4, 0.5) is 0 Å². The van der Waals surface area contributed by atoms with Crippen LogP contribution in [0.1, 0.15) is 0 Å². The summed E-state index contributed by atoms with van der Waals surface area (Å²) >= 11 is 19.3. The van der Waals surface area contributed by atoms with Crippen LogP contribution >= 0.6 is 93.1 Å². The third-order valence-corrected chi connectivity index (χ3v) is 14.3. The van der Waals surface area contributed by atoms with Crippen LogP contribution in [0.2, 0.25) is 6.82 Å². The number of hydrogen-bond donors (Lipinski definition) is 0. The molecule has 0 aliphatic rings. The molecule has 7 aromatic rings. The number of hydrogen-bond acceptors (Lipinski definition) is 4. The Hall–Kier alpha value is -1.52. The average molecular weight is 768 g/mol. The van der Waals surface area contributed by atoms with Crippen molar-refractivity contribution in [2.24, 2.45) is 0 Å². The first-order chi connectivity index (χ1) is 19.0. The summed E-state index contributed by atoms with van der Waals surface area (Å²) in [5, 5.41) is 0. The Bertz CT molecular complexity index is 1980. The van der Waals surface area contributed by atoms with Crippen molar-refractivity contribution in [3.05, 3.63) is 98.3 Å². The molecule has 0 atom stereocenters. The van der Waals surface area contributed by atoms with E-state index in [-0.39, 0.29) is 0 Å². The summed E-state index contributed by atoms with van der Waals surface area (Å²) in [7, 11) is 2.25. The van der Waals surface area contributed by atoms with Gasteiger partial charge >= 0.3 is 0 Å². The zero-order valence-electron chi connectivity index (χ0n) is 20.4. The number of thiophene rings is 4. The molecule has 3 aromatic carbocycles. The van der Waals surface area contributed by atoms with Crippen molar-refractivity contribution in [2.45, 2.75) is 6.82 Å². The highest BCUT2D eigenvalue weighted by Gasteiger charge is 2.22. The first-order valence-corrected chi connectivity index (χ1v) is 17.8. The van der Waals surface area contributed by atoms with Gasteiger partial charge in [0.1, 0.15) is 0 Å². The maximum atomic E-state index is 3.95. The highest BCUT2D eigenvalue weighted by Crippen LogP contribution is 2.51. The Labute approximate surface area is 269 Å². The van der Waals surface area contributed by atoms with E-state index in [1.807, 2.05) is 45.3 Å². The van der Waals surface area contributed by atoms with Gasteiger partial charge in [0.15, 0.2) is 7.28 Å². The van der Waals surface area contributed by atoms with Crippen molar-refractivity contribution in [3.8, 4) is 41.8 Å². The smallest absolute Gasteiger partial charge is 0.135 e. The molecule has 0 N–H and O–H groups in total. The van der Waals surface area contributed by atoms with Crippen LogP contribution in [-0.2, 0) is 0 Å². The highest BCUT2D eigenvalue weighted by molar-refractivity contribution is 9.11. The van der Waals surface area contributed by atoms with Crippen molar-refractivity contribution in [2.75, 3.05) is 0 Å². The van der Waals surface area contributed by atoms with Crippen molar-refractivity contribution in [1.82, 2.24) is 0 Å². The Morgan fingerprint density at radius 2 is 1.05 bits per heavy atom. The predicted molar refractivity (Wildman–Crippen MR) is 189 cm³/mol. The van der Waals surface area contributed by atoms with Gasteiger partial charge in [0.25, 0.3) is 0 Å². The van der Waals surface area contributed by atoms with Crippen LogP contribution in [0.25, 0.3) is 60.6 Å². The molecule has 0 fully saturated rings. The normalized spacial score (nSPS) is 11.6. The molecule has 8 heteroatoms. The molecule has 0 amide bonds. The second-order valence-electron chi connectivity index (χ2n) is 9.03. The molecule has 1 radical (unpaired) electrons. The van der Waals surface area contributed by atoms with E-state index in [2.05, 4.69) is 147 Å². The van der Waals surface area contributed by atoms with E-state index in [4.69, 9.17) is 0 Å². The summed E-state index contributed by atoms with van der Waals surface area (Å²) in [6, 6.07) is 30.5. The van der Waals surface area contributed by atoms with E-state index in [1.165, 1.54) is 70.5 Å². The van der Waals surface area contributed by atoms with Gasteiger partial charge < -0.3 is 0 Å². The quantitative estimate of drug-likeness (QED) is 0.153. The Balaban J connectivity index is 1.29. The Kier molecular flexibility index (Phi) is 7.25. The third kappa shape index (κ3) is 4.66. The maximum absolute atomic E-state index is 3.95. The van der Waals surface area contributed by atoms with E-state index in [0.717, 1.165) is 8.95 Å². The van der Waals surface area contributed by atoms with Gasteiger partial charge in [0, 0.05) is 48.8 Å². The molecule has 0 bridgehead atoms. The van der Waals surface area contributed by atoms with Gasteiger partial charge in [-0.05, 0) is 51.3 Å². The molecule has 0 spiro atoms. The van der Waals surface area contributed by atoms with E-state index in [9.17, 15) is 0 Å². The molecule has 0 saturated heterocycles. The minimum absolute atomic E-state index is 1.10. The lowest BCUT2D eigenvalue weighted by Crippen LogP contribution is -2.10. The zero-order valence-corrected chi connectivity index (χ0v) is 28.5. The van der Waals surface area contributed by atoms with E-state index < -0.39 is 0 Å². The fraction of sp³-hybridized carbons (Fsp3) is 0.0323. The molecule has 189 valence electrons. The van der Waals surface area contributed by atoms with Gasteiger partial charge in [-0.15, -0.1) is 45.3 Å². The van der Waals surface area contributed by atoms with Crippen LogP contribution in [0.5, 0.6) is 0 Å². The lowest BCUT2D eigenvalue weighted by molar-refractivity contribution is 1.60. The van der Waals surface area contributed by atoms with Crippen LogP contribution in [0.15, 0.2) is 98.3 Å². The minimum atomic E-state index is 1.10. The summed E-state index contributed by atoms with van der Waals surface area (Å²) in [6.07, 6.45) is 0. The maximum Gasteiger partial charge on any atom is 0.152 e. The fourth-order valence-electron chi connectivity index (χ4n) is 4.79. The van der Waals surface area contributed by atoms with Crippen LogP contribution < -0.4 is 5.46 Å². The van der Waals surface area contributed by atoms with Crippen LogP contribution in [0, 0.1) is 0 Å². The molecule has 7 rings (SSSR count). The molecular formula is C31H17BBr3S4. The minimum Gasteiger partial charge on any atom is -0.135 e. The van der Waals surface area contributed by atoms with Crippen molar-refractivity contribution in [3.63, 3.8) is 0 Å². The molecule has 0 unspecified atom stereocenters. The Morgan fingerprint density at radius 3 is 1.59 bits per heavy atom. The summed E-state index contributed by atoms with van der Waals surface area (Å²) in [4.78, 5) is 5.17. The van der Waals surface area contributed by atoms with Crippen LogP contribution in [-0.4, -0.2) is 7.28 Å². The van der Waals surface area contributed by atoms with Gasteiger partial charge in [0.2, 0.25) is 0 Å². The summed E-state index contributed by atoms with van der Waals surface area (Å²) in [5.74, 6) is 0. The topological polar surface area (TPSA) is 0 Å². The summed E-state index contributed by atoms with van der Waals surface area (Å²) in [6.45, 7) is 2.14. The van der Waals surface area contributed by atoms with Crippen molar-refractivity contribution in [1.29, 1.82) is 0 Å². The highest BCUT2D eigenvalue weighted by atomic mass is 79.9. The number of rotatable bonds is 5. The standard InChI is InChI=1S/C31H17BBr3S4/c1-32-26-28(38-24-14-22(36-30(24)26)16-8-4-2-5-9-16)18-12-21(34)19(13-20(18)33)29-27(35)31-25(39-29)15-23(37-31)17-10-6-3-7-11-17/h2-15H,1H3. The van der Waals surface area contributed by atoms with E-state index in [1.54, 1.807) is 0 Å². The number of benzene rings is 3. The predicted octanol–water partition coefficient (Wildman–Crippen LogP) is 12.6. The SMILES string of the molecule is C[B]c1c(-c2cc(Br)c(-c3sc4cc(-c5ccccc5)sc4c3Br)cc2Br)sc2cc(-c3ccccc3)sc12. The zero-order chi connectivity index (χ0) is 26.7. The molecule has 0 aliphatic heterocycles. The van der Waals surface area contributed by atoms with Crippen molar-refractivity contribution >= 4 is 125 Å². The molecule has 0 saturated carbocycles. The molecule has 0 nitrogen and oxygen atoms in total. The van der Waals surface area contributed by atoms with Gasteiger partial charge in [-0.3, -0.25) is 0 Å². The van der Waals surface area contributed by atoms with E-state index in [0.29, 0.717) is 0 Å². The molecular weight excluding hydrogens is 751 g/mol. The lowest BCUT2D eigenvalue weighted by Gasteiger charge is -2.11. The second kappa shape index (κ2) is 10.7.